The van der Waals surface area contributed by atoms with Crippen molar-refractivity contribution in [1.29, 1.82) is 0 Å². The van der Waals surface area contributed by atoms with Gasteiger partial charge in [0, 0.05) is 10.7 Å². The second-order valence-corrected chi connectivity index (χ2v) is 5.94. The van der Waals surface area contributed by atoms with Crippen LogP contribution in [0.5, 0.6) is 0 Å². The first-order chi connectivity index (χ1) is 10.5. The third kappa shape index (κ3) is 4.15. The van der Waals surface area contributed by atoms with E-state index in [9.17, 15) is 4.79 Å². The summed E-state index contributed by atoms with van der Waals surface area (Å²) in [6, 6.07) is 12.4. The Hall–Kier alpha value is -1.71. The maximum atomic E-state index is 12.2. The molecule has 0 fully saturated rings. The molecule has 2 aromatic rings. The molecule has 2 N–H and O–H groups in total. The summed E-state index contributed by atoms with van der Waals surface area (Å²) >= 11 is 12.0. The topological polar surface area (TPSA) is 41.1 Å². The van der Waals surface area contributed by atoms with Crippen LogP contribution >= 0.6 is 23.2 Å². The average Bonchev–Trinajstić information content (AvgIpc) is 2.50. The lowest BCUT2D eigenvalue weighted by Crippen LogP contribution is -2.20. The molecule has 0 saturated carbocycles. The van der Waals surface area contributed by atoms with Gasteiger partial charge >= 0.3 is 6.03 Å². The van der Waals surface area contributed by atoms with E-state index in [1.54, 1.807) is 18.2 Å². The molecule has 1 atom stereocenters. The summed E-state index contributed by atoms with van der Waals surface area (Å²) in [5.74, 6) is 0.367. The lowest BCUT2D eigenvalue weighted by atomic mass is 9.97. The minimum absolute atomic E-state index is 0.347. The van der Waals surface area contributed by atoms with E-state index in [0.29, 0.717) is 21.7 Å². The zero-order valence-electron chi connectivity index (χ0n) is 12.5. The first kappa shape index (κ1) is 16.7. The highest BCUT2D eigenvalue weighted by molar-refractivity contribution is 6.35. The van der Waals surface area contributed by atoms with Crippen molar-refractivity contribution in [2.45, 2.75) is 26.2 Å². The summed E-state index contributed by atoms with van der Waals surface area (Å²) in [5.41, 5.74) is 2.39. The Labute approximate surface area is 140 Å². The molecule has 0 aliphatic rings. The molecule has 0 heterocycles. The number of hydrogen-bond acceptors (Lipinski definition) is 1. The van der Waals surface area contributed by atoms with Gasteiger partial charge in [-0.3, -0.25) is 0 Å². The molecule has 0 aliphatic carbocycles. The van der Waals surface area contributed by atoms with Gasteiger partial charge in [0.05, 0.1) is 10.7 Å². The Balaban J connectivity index is 2.14. The van der Waals surface area contributed by atoms with Crippen LogP contribution in [0.4, 0.5) is 16.2 Å². The van der Waals surface area contributed by atoms with Crippen LogP contribution in [0.25, 0.3) is 0 Å². The van der Waals surface area contributed by atoms with Crippen molar-refractivity contribution in [3.63, 3.8) is 0 Å². The molecule has 2 rings (SSSR count). The van der Waals surface area contributed by atoms with E-state index in [2.05, 4.69) is 24.5 Å². The maximum Gasteiger partial charge on any atom is 0.323 e. The minimum Gasteiger partial charge on any atom is -0.307 e. The van der Waals surface area contributed by atoms with Gasteiger partial charge in [-0.05, 0) is 42.2 Å². The lowest BCUT2D eigenvalue weighted by Gasteiger charge is -2.16. The van der Waals surface area contributed by atoms with Gasteiger partial charge in [0.1, 0.15) is 0 Å². The lowest BCUT2D eigenvalue weighted by molar-refractivity contribution is 0.262. The molecule has 5 heteroatoms. The van der Waals surface area contributed by atoms with Crippen molar-refractivity contribution in [2.75, 3.05) is 10.6 Å². The number of urea groups is 1. The molecule has 116 valence electrons. The molecule has 2 amide bonds. The van der Waals surface area contributed by atoms with Gasteiger partial charge < -0.3 is 10.6 Å². The zero-order chi connectivity index (χ0) is 16.1. The summed E-state index contributed by atoms with van der Waals surface area (Å²) in [5, 5.41) is 6.54. The summed E-state index contributed by atoms with van der Waals surface area (Å²) in [6.45, 7) is 4.25. The summed E-state index contributed by atoms with van der Waals surface area (Å²) < 4.78 is 0. The van der Waals surface area contributed by atoms with Gasteiger partial charge in [-0.15, -0.1) is 0 Å². The first-order valence-corrected chi connectivity index (χ1v) is 7.88. The largest absolute Gasteiger partial charge is 0.323 e. The minimum atomic E-state index is -0.347. The number of halogens is 2. The van der Waals surface area contributed by atoms with E-state index in [1.807, 2.05) is 24.3 Å². The van der Waals surface area contributed by atoms with E-state index in [1.165, 1.54) is 0 Å². The Morgan fingerprint density at radius 2 is 1.77 bits per heavy atom. The SMILES string of the molecule is CCC(C)c1ccccc1NC(=O)Nc1cc(Cl)ccc1Cl. The number of hydrogen-bond donors (Lipinski definition) is 2. The van der Waals surface area contributed by atoms with Crippen molar-refractivity contribution in [2.24, 2.45) is 0 Å². The molecule has 0 radical (unpaired) electrons. The van der Waals surface area contributed by atoms with Gasteiger partial charge in [0.15, 0.2) is 0 Å². The van der Waals surface area contributed by atoms with Crippen molar-refractivity contribution in [1.82, 2.24) is 0 Å². The molecule has 2 aromatic carbocycles. The molecule has 1 unspecified atom stereocenters. The van der Waals surface area contributed by atoms with Gasteiger partial charge in [0.2, 0.25) is 0 Å². The standard InChI is InChI=1S/C17H18Cl2N2O/c1-3-11(2)13-6-4-5-7-15(13)20-17(22)21-16-10-12(18)8-9-14(16)19/h4-11H,3H2,1-2H3,(H2,20,21,22). The predicted molar refractivity (Wildman–Crippen MR) is 94.3 cm³/mol. The molecule has 22 heavy (non-hydrogen) atoms. The number of nitrogens with one attached hydrogen (secondary N) is 2. The van der Waals surface area contributed by atoms with Crippen LogP contribution in [0.3, 0.4) is 0 Å². The highest BCUT2D eigenvalue weighted by atomic mass is 35.5. The zero-order valence-corrected chi connectivity index (χ0v) is 14.0. The van der Waals surface area contributed by atoms with Crippen LogP contribution in [0.2, 0.25) is 10.0 Å². The number of benzene rings is 2. The maximum absolute atomic E-state index is 12.2. The Bertz CT molecular complexity index is 673. The number of rotatable bonds is 4. The van der Waals surface area contributed by atoms with Crippen LogP contribution in [-0.2, 0) is 0 Å². The Morgan fingerprint density at radius 1 is 1.09 bits per heavy atom. The smallest absolute Gasteiger partial charge is 0.307 e. The highest BCUT2D eigenvalue weighted by Gasteiger charge is 2.12. The van der Waals surface area contributed by atoms with Crippen LogP contribution in [-0.4, -0.2) is 6.03 Å². The number of carbonyl (C=O) groups excluding carboxylic acids is 1. The van der Waals surface area contributed by atoms with E-state index in [4.69, 9.17) is 23.2 Å². The molecule has 0 aliphatic heterocycles. The van der Waals surface area contributed by atoms with Gasteiger partial charge in [0.25, 0.3) is 0 Å². The third-order valence-electron chi connectivity index (χ3n) is 3.53. The van der Waals surface area contributed by atoms with Crippen molar-refractivity contribution in [3.8, 4) is 0 Å². The summed E-state index contributed by atoms with van der Waals surface area (Å²) in [6.07, 6.45) is 1.00. The number of para-hydroxylation sites is 1. The van der Waals surface area contributed by atoms with Crippen molar-refractivity contribution in [3.05, 3.63) is 58.1 Å². The summed E-state index contributed by atoms with van der Waals surface area (Å²) in [4.78, 5) is 12.2. The molecule has 0 aromatic heterocycles. The van der Waals surface area contributed by atoms with Crippen molar-refractivity contribution < 1.29 is 4.79 Å². The molecule has 0 spiro atoms. The fraction of sp³-hybridized carbons (Fsp3) is 0.235. The molecule has 0 saturated heterocycles. The molecule has 3 nitrogen and oxygen atoms in total. The second kappa shape index (κ2) is 7.52. The molecular formula is C17H18Cl2N2O. The van der Waals surface area contributed by atoms with E-state index in [-0.39, 0.29) is 6.03 Å². The average molecular weight is 337 g/mol. The molecular weight excluding hydrogens is 319 g/mol. The third-order valence-corrected chi connectivity index (χ3v) is 4.09. The Morgan fingerprint density at radius 3 is 2.50 bits per heavy atom. The fourth-order valence-electron chi connectivity index (χ4n) is 2.13. The van der Waals surface area contributed by atoms with Crippen LogP contribution in [0.1, 0.15) is 31.7 Å². The van der Waals surface area contributed by atoms with Gasteiger partial charge in [-0.25, -0.2) is 4.79 Å². The predicted octanol–water partition coefficient (Wildman–Crippen LogP) is 6.15. The number of carbonyl (C=O) groups is 1. The fourth-order valence-corrected chi connectivity index (χ4v) is 2.47. The van der Waals surface area contributed by atoms with Crippen LogP contribution < -0.4 is 10.6 Å². The van der Waals surface area contributed by atoms with Gasteiger partial charge in [-0.2, -0.15) is 0 Å². The van der Waals surface area contributed by atoms with Gasteiger partial charge in [-0.1, -0.05) is 55.2 Å². The Kier molecular flexibility index (Phi) is 5.69. The van der Waals surface area contributed by atoms with Crippen LogP contribution in [0.15, 0.2) is 42.5 Å². The van der Waals surface area contributed by atoms with Crippen LogP contribution in [0, 0.1) is 0 Å². The summed E-state index contributed by atoms with van der Waals surface area (Å²) in [7, 11) is 0. The normalized spacial score (nSPS) is 11.8. The highest BCUT2D eigenvalue weighted by Crippen LogP contribution is 2.28. The first-order valence-electron chi connectivity index (χ1n) is 7.13. The molecule has 0 bridgehead atoms. The monoisotopic (exact) mass is 336 g/mol. The van der Waals surface area contributed by atoms with E-state index < -0.39 is 0 Å². The second-order valence-electron chi connectivity index (χ2n) is 5.10. The number of amides is 2. The van der Waals surface area contributed by atoms with E-state index >= 15 is 0 Å². The quantitative estimate of drug-likeness (QED) is 0.690. The van der Waals surface area contributed by atoms with Crippen molar-refractivity contribution >= 4 is 40.6 Å². The van der Waals surface area contributed by atoms with E-state index in [0.717, 1.165) is 17.7 Å². The number of anilines is 2.